The van der Waals surface area contributed by atoms with Crippen LogP contribution in [0.25, 0.3) is 0 Å². The van der Waals surface area contributed by atoms with Crippen LogP contribution in [0.15, 0.2) is 12.2 Å². The molecule has 4 N–H and O–H groups in total. The molecule has 0 saturated heterocycles. The summed E-state index contributed by atoms with van der Waals surface area (Å²) < 4.78 is 32.9. The molecule has 0 aromatic heterocycles. The van der Waals surface area contributed by atoms with Gasteiger partial charge >= 0.3 is 25.7 Å². The minimum atomic E-state index is -4.72. The number of rotatable bonds is 50. The van der Waals surface area contributed by atoms with Crippen LogP contribution in [0.2, 0.25) is 0 Å². The van der Waals surface area contributed by atoms with Crippen LogP contribution >= 0.6 is 7.82 Å². The number of carboxylic acid groups (broad SMARTS) is 1. The van der Waals surface area contributed by atoms with Crippen molar-refractivity contribution >= 4 is 25.7 Å². The lowest BCUT2D eigenvalue weighted by atomic mass is 10.0. The Morgan fingerprint density at radius 2 is 0.794 bits per heavy atom. The van der Waals surface area contributed by atoms with Crippen molar-refractivity contribution in [3.63, 3.8) is 0 Å². The molecule has 0 heterocycles. The lowest BCUT2D eigenvalue weighted by Gasteiger charge is -2.20. The lowest BCUT2D eigenvalue weighted by molar-refractivity contribution is -0.161. The third-order valence-electron chi connectivity index (χ3n) is 11.8. The maximum atomic E-state index is 12.7. The van der Waals surface area contributed by atoms with E-state index in [2.05, 4.69) is 30.5 Å². The number of ether oxygens (including phenoxy) is 2. The van der Waals surface area contributed by atoms with Gasteiger partial charge in [-0.05, 0) is 38.5 Å². The first-order valence-corrected chi connectivity index (χ1v) is 27.7. The van der Waals surface area contributed by atoms with Gasteiger partial charge in [0.15, 0.2) is 6.10 Å². The molecule has 372 valence electrons. The van der Waals surface area contributed by atoms with E-state index in [4.69, 9.17) is 24.8 Å². The third kappa shape index (κ3) is 46.5. The van der Waals surface area contributed by atoms with Crippen LogP contribution < -0.4 is 5.73 Å². The van der Waals surface area contributed by atoms with Gasteiger partial charge in [-0.3, -0.25) is 23.4 Å². The Morgan fingerprint density at radius 3 is 1.16 bits per heavy atom. The average Bonchev–Trinajstić information content (AvgIpc) is 3.26. The summed E-state index contributed by atoms with van der Waals surface area (Å²) in [6.45, 7) is 2.86. The first-order valence-electron chi connectivity index (χ1n) is 26.2. The molecule has 0 bridgehead atoms. The van der Waals surface area contributed by atoms with Gasteiger partial charge in [0.1, 0.15) is 12.6 Å². The molecule has 0 amide bonds. The van der Waals surface area contributed by atoms with Crippen LogP contribution in [0.1, 0.15) is 264 Å². The van der Waals surface area contributed by atoms with E-state index in [0.717, 1.165) is 38.5 Å². The molecular formula is C51H98NO10P. The van der Waals surface area contributed by atoms with Gasteiger partial charge in [0, 0.05) is 12.8 Å². The molecule has 11 nitrogen and oxygen atoms in total. The van der Waals surface area contributed by atoms with Gasteiger partial charge in [0.25, 0.3) is 0 Å². The van der Waals surface area contributed by atoms with Gasteiger partial charge < -0.3 is 25.2 Å². The van der Waals surface area contributed by atoms with E-state index in [-0.39, 0.29) is 19.4 Å². The predicted molar refractivity (Wildman–Crippen MR) is 259 cm³/mol. The molecule has 0 fully saturated rings. The van der Waals surface area contributed by atoms with Crippen LogP contribution in [0.5, 0.6) is 0 Å². The van der Waals surface area contributed by atoms with Crippen molar-refractivity contribution in [2.45, 2.75) is 276 Å². The molecule has 0 aliphatic heterocycles. The Kier molecular flexibility index (Phi) is 45.4. The molecule has 0 radical (unpaired) electrons. The molecule has 0 aromatic rings. The Balaban J connectivity index is 4.20. The highest BCUT2D eigenvalue weighted by Crippen LogP contribution is 2.43. The first-order chi connectivity index (χ1) is 30.6. The molecule has 0 aromatic carbocycles. The smallest absolute Gasteiger partial charge is 0.472 e. The van der Waals surface area contributed by atoms with E-state index in [9.17, 15) is 23.8 Å². The van der Waals surface area contributed by atoms with E-state index in [1.807, 2.05) is 0 Å². The third-order valence-corrected chi connectivity index (χ3v) is 12.7. The van der Waals surface area contributed by atoms with Crippen molar-refractivity contribution in [3.05, 3.63) is 12.2 Å². The van der Waals surface area contributed by atoms with Gasteiger partial charge in [-0.2, -0.15) is 0 Å². The molecule has 0 rings (SSSR count). The molecule has 12 heteroatoms. The minimum Gasteiger partial charge on any atom is -0.480 e. The summed E-state index contributed by atoms with van der Waals surface area (Å²) in [4.78, 5) is 46.2. The SMILES string of the molecule is CCCCCCCCCC/C=C\CCCCCCCCCCCC(=O)OC(COC(=O)CCCCCCCCCCCCCCCCCCCC)COP(=O)(O)OCC(N)C(=O)O. The standard InChI is InChI=1S/C51H98NO10P/c1-3-5-7-9-11-13-15-17-19-21-23-24-25-27-29-31-33-35-37-39-41-43-50(54)62-47(45-60-63(57,58)61-46-48(52)51(55)56)44-59-49(53)42-40-38-36-34-32-30-28-26-22-20-18-16-14-12-10-8-6-4-2/h21,23,47-48H,3-20,22,24-46,52H2,1-2H3,(H,55,56)(H,57,58)/b23-21-. The Morgan fingerprint density at radius 1 is 0.476 bits per heavy atom. The van der Waals surface area contributed by atoms with Crippen LogP contribution in [0.3, 0.4) is 0 Å². The summed E-state index contributed by atoms with van der Waals surface area (Å²) in [5.41, 5.74) is 5.36. The summed E-state index contributed by atoms with van der Waals surface area (Å²) in [5, 5.41) is 8.92. The predicted octanol–water partition coefficient (Wildman–Crippen LogP) is 14.8. The topological polar surface area (TPSA) is 172 Å². The maximum Gasteiger partial charge on any atom is 0.472 e. The fourth-order valence-corrected chi connectivity index (χ4v) is 8.43. The zero-order valence-electron chi connectivity index (χ0n) is 40.7. The van der Waals surface area contributed by atoms with Crippen molar-refractivity contribution < 1.29 is 47.5 Å². The number of carboxylic acids is 1. The van der Waals surface area contributed by atoms with Gasteiger partial charge in [0.05, 0.1) is 13.2 Å². The van der Waals surface area contributed by atoms with Crippen molar-refractivity contribution in [2.24, 2.45) is 5.73 Å². The van der Waals surface area contributed by atoms with Crippen molar-refractivity contribution in [1.82, 2.24) is 0 Å². The van der Waals surface area contributed by atoms with E-state index in [1.54, 1.807) is 0 Å². The van der Waals surface area contributed by atoms with E-state index < -0.39 is 51.1 Å². The zero-order chi connectivity index (χ0) is 46.3. The lowest BCUT2D eigenvalue weighted by Crippen LogP contribution is -2.34. The van der Waals surface area contributed by atoms with Crippen LogP contribution in [-0.4, -0.2) is 59.9 Å². The number of hydrogen-bond donors (Lipinski definition) is 3. The molecule has 3 atom stereocenters. The number of esters is 2. The normalized spacial score (nSPS) is 13.6. The van der Waals surface area contributed by atoms with Gasteiger partial charge in [-0.25, -0.2) is 4.57 Å². The van der Waals surface area contributed by atoms with E-state index in [1.165, 1.54) is 186 Å². The highest BCUT2D eigenvalue weighted by molar-refractivity contribution is 7.47. The number of phosphoric acid groups is 1. The Hall–Kier alpha value is -1.78. The van der Waals surface area contributed by atoms with Crippen LogP contribution in [0, 0.1) is 0 Å². The van der Waals surface area contributed by atoms with Gasteiger partial charge in [0.2, 0.25) is 0 Å². The average molecular weight is 916 g/mol. The molecule has 0 aliphatic rings. The number of phosphoric ester groups is 1. The van der Waals surface area contributed by atoms with Gasteiger partial charge in [-0.15, -0.1) is 0 Å². The zero-order valence-corrected chi connectivity index (χ0v) is 41.6. The Bertz CT molecular complexity index is 1120. The second-order valence-electron chi connectivity index (χ2n) is 18.0. The Labute approximate surface area is 386 Å². The van der Waals surface area contributed by atoms with Crippen molar-refractivity contribution in [1.29, 1.82) is 0 Å². The highest BCUT2D eigenvalue weighted by atomic mass is 31.2. The minimum absolute atomic E-state index is 0.164. The summed E-state index contributed by atoms with van der Waals surface area (Å²) in [6, 6.07) is -1.52. The van der Waals surface area contributed by atoms with E-state index in [0.29, 0.717) is 12.8 Å². The highest BCUT2D eigenvalue weighted by Gasteiger charge is 2.28. The number of nitrogens with two attached hydrogens (primary N) is 1. The number of unbranched alkanes of at least 4 members (excludes halogenated alkanes) is 34. The van der Waals surface area contributed by atoms with Crippen molar-refractivity contribution in [2.75, 3.05) is 19.8 Å². The summed E-state index contributed by atoms with van der Waals surface area (Å²) in [5.74, 6) is -2.36. The molecule has 3 unspecified atom stereocenters. The molecular weight excluding hydrogens is 818 g/mol. The molecule has 0 aliphatic carbocycles. The number of aliphatic carboxylic acids is 1. The number of hydrogen-bond acceptors (Lipinski definition) is 9. The number of allylic oxidation sites excluding steroid dienone is 2. The fourth-order valence-electron chi connectivity index (χ4n) is 7.65. The molecule has 0 saturated carbocycles. The molecule has 0 spiro atoms. The molecule has 63 heavy (non-hydrogen) atoms. The largest absolute Gasteiger partial charge is 0.480 e. The quantitative estimate of drug-likeness (QED) is 0.0229. The fraction of sp³-hybridized carbons (Fsp3) is 0.902. The summed E-state index contributed by atoms with van der Waals surface area (Å²) in [7, 11) is -4.72. The summed E-state index contributed by atoms with van der Waals surface area (Å²) >= 11 is 0. The van der Waals surface area contributed by atoms with Crippen molar-refractivity contribution in [3.8, 4) is 0 Å². The maximum absolute atomic E-state index is 12.7. The monoisotopic (exact) mass is 916 g/mol. The van der Waals surface area contributed by atoms with Gasteiger partial charge in [-0.1, -0.05) is 225 Å². The second kappa shape index (κ2) is 46.7. The number of carbonyl (C=O) groups excluding carboxylic acids is 2. The van der Waals surface area contributed by atoms with Crippen LogP contribution in [-0.2, 0) is 37.5 Å². The number of carbonyl (C=O) groups is 3. The van der Waals surface area contributed by atoms with Crippen LogP contribution in [0.4, 0.5) is 0 Å². The summed E-state index contributed by atoms with van der Waals surface area (Å²) in [6.07, 6.45) is 49.9. The van der Waals surface area contributed by atoms with E-state index >= 15 is 0 Å². The first kappa shape index (κ1) is 61.2. The second-order valence-corrected chi connectivity index (χ2v) is 19.5.